The van der Waals surface area contributed by atoms with Crippen LogP contribution < -0.4 is 15.5 Å². The Balaban J connectivity index is 0.985. The molecule has 2 aromatic carbocycles. The zero-order chi connectivity index (χ0) is 45.0. The van der Waals surface area contributed by atoms with Crippen molar-refractivity contribution in [3.8, 4) is 0 Å². The molecule has 15 heteroatoms. The number of rotatable bonds is 10. The molecule has 338 valence electrons. The lowest BCUT2D eigenvalue weighted by molar-refractivity contribution is -0.137. The van der Waals surface area contributed by atoms with Gasteiger partial charge in [-0.05, 0) is 124 Å². The number of anilines is 1. The van der Waals surface area contributed by atoms with Crippen molar-refractivity contribution in [3.63, 3.8) is 0 Å². The van der Waals surface area contributed by atoms with E-state index in [0.717, 1.165) is 44.4 Å². The highest BCUT2D eigenvalue weighted by Crippen LogP contribution is 2.32. The number of carbonyl (C=O) groups is 5. The van der Waals surface area contributed by atoms with E-state index in [-0.39, 0.29) is 42.1 Å². The molecule has 4 aromatic rings. The van der Waals surface area contributed by atoms with Crippen LogP contribution in [0.1, 0.15) is 75.1 Å². The van der Waals surface area contributed by atoms with Gasteiger partial charge in [0.1, 0.15) is 17.7 Å². The van der Waals surface area contributed by atoms with Crippen LogP contribution >= 0.6 is 0 Å². The molecular formula is C49H61N9O6. The lowest BCUT2D eigenvalue weighted by atomic mass is 9.80. The standard InChI is InChI=1S/C49H61N9O6/c1-32-25-34(26-38-31-51-54-44(32)38)28-41(53-47(62)57-19-13-35(14-20-57)40-29-36-7-5-6-8-37(36)30-43(40)59)45(60)52-42(27-33-11-17-58(18-12-33)48(63)64-49(2,3)4)46(61)56-23-21-55(22-24-56)39-9-15-50-16-10-39/h5-10,15-16,25-26,29,31,33,35,41-42H,11-14,17-24,27-28,30H2,1-4H3,(H,51,54)(H,52,60)(H,53,62)/t41-,42+/m1/s1. The minimum atomic E-state index is -0.999. The Hall–Kier alpha value is -6.25. The first kappa shape index (κ1) is 44.4. The van der Waals surface area contributed by atoms with Crippen LogP contribution in [-0.4, -0.2) is 130 Å². The van der Waals surface area contributed by atoms with E-state index in [2.05, 4.69) is 30.7 Å². The first-order chi connectivity index (χ1) is 30.8. The second-order valence-corrected chi connectivity index (χ2v) is 18.8. The van der Waals surface area contributed by atoms with Gasteiger partial charge in [-0.1, -0.05) is 30.3 Å². The molecule has 0 bridgehead atoms. The molecule has 3 aliphatic heterocycles. The van der Waals surface area contributed by atoms with E-state index in [1.54, 1.807) is 28.4 Å². The van der Waals surface area contributed by atoms with Crippen molar-refractivity contribution in [3.05, 3.63) is 94.9 Å². The average molecular weight is 872 g/mol. The summed E-state index contributed by atoms with van der Waals surface area (Å²) in [6.45, 7) is 11.6. The average Bonchev–Trinajstić information content (AvgIpc) is 3.78. The number of amides is 5. The van der Waals surface area contributed by atoms with Crippen LogP contribution in [0.3, 0.4) is 0 Å². The number of benzene rings is 2. The summed E-state index contributed by atoms with van der Waals surface area (Å²) in [7, 11) is 0. The van der Waals surface area contributed by atoms with Crippen molar-refractivity contribution in [2.75, 3.05) is 57.3 Å². The molecule has 64 heavy (non-hydrogen) atoms. The molecule has 5 amide bonds. The Kier molecular flexibility index (Phi) is 13.3. The van der Waals surface area contributed by atoms with E-state index in [4.69, 9.17) is 4.74 Å². The molecule has 2 atom stereocenters. The van der Waals surface area contributed by atoms with Crippen LogP contribution in [0.5, 0.6) is 0 Å². The van der Waals surface area contributed by atoms with Gasteiger partial charge in [0.25, 0.3) is 0 Å². The number of urea groups is 1. The molecule has 1 aliphatic carbocycles. The number of pyridine rings is 1. The van der Waals surface area contributed by atoms with Gasteiger partial charge >= 0.3 is 12.1 Å². The normalized spacial score (nSPS) is 18.6. The van der Waals surface area contributed by atoms with Gasteiger partial charge in [-0.25, -0.2) is 9.59 Å². The first-order valence-corrected chi connectivity index (χ1v) is 22.8. The number of fused-ring (bicyclic) bond motifs is 2. The fourth-order valence-corrected chi connectivity index (χ4v) is 9.68. The van der Waals surface area contributed by atoms with Crippen molar-refractivity contribution < 1.29 is 28.7 Å². The smallest absolute Gasteiger partial charge is 0.410 e. The number of piperidine rings is 2. The summed E-state index contributed by atoms with van der Waals surface area (Å²) in [6, 6.07) is 13.7. The van der Waals surface area contributed by atoms with Gasteiger partial charge < -0.3 is 35.0 Å². The third-order valence-corrected chi connectivity index (χ3v) is 13.2. The Bertz CT molecular complexity index is 2370. The van der Waals surface area contributed by atoms with Crippen LogP contribution in [0.15, 0.2) is 72.7 Å². The minimum Gasteiger partial charge on any atom is -0.444 e. The van der Waals surface area contributed by atoms with Crippen LogP contribution in [0.2, 0.25) is 0 Å². The summed E-state index contributed by atoms with van der Waals surface area (Å²) >= 11 is 0. The number of aromatic nitrogens is 3. The van der Waals surface area contributed by atoms with Gasteiger partial charge in [-0.15, -0.1) is 0 Å². The van der Waals surface area contributed by atoms with Crippen LogP contribution in [0, 0.1) is 18.8 Å². The Morgan fingerprint density at radius 1 is 0.844 bits per heavy atom. The maximum absolute atomic E-state index is 14.7. The SMILES string of the molecule is Cc1cc(C[C@@H](NC(=O)N2CCC(C3=Cc4ccccc4CC3=O)CC2)C(=O)N[C@@H](CC2CCN(C(=O)OC(C)(C)C)CC2)C(=O)N2CCN(c3ccncc3)CC2)cc2cn[nH]c12. The first-order valence-electron chi connectivity index (χ1n) is 22.8. The van der Waals surface area contributed by atoms with E-state index >= 15 is 0 Å². The van der Waals surface area contributed by atoms with Crippen LogP contribution in [-0.2, 0) is 32.0 Å². The molecule has 5 heterocycles. The second-order valence-electron chi connectivity index (χ2n) is 18.8. The molecule has 0 saturated carbocycles. The third-order valence-electron chi connectivity index (χ3n) is 13.2. The van der Waals surface area contributed by atoms with Crippen molar-refractivity contribution in [2.24, 2.45) is 11.8 Å². The van der Waals surface area contributed by atoms with Crippen molar-refractivity contribution in [1.82, 2.24) is 40.5 Å². The summed E-state index contributed by atoms with van der Waals surface area (Å²) in [4.78, 5) is 81.3. The number of hydrogen-bond donors (Lipinski definition) is 3. The molecule has 2 aromatic heterocycles. The van der Waals surface area contributed by atoms with Crippen LogP contribution in [0.25, 0.3) is 17.0 Å². The number of H-pyrrole nitrogens is 1. The zero-order valence-electron chi connectivity index (χ0n) is 37.5. The predicted octanol–water partition coefficient (Wildman–Crippen LogP) is 5.68. The van der Waals surface area contributed by atoms with Crippen molar-refractivity contribution in [1.29, 1.82) is 0 Å². The molecule has 3 fully saturated rings. The summed E-state index contributed by atoms with van der Waals surface area (Å²) in [5, 5.41) is 14.4. The Labute approximate surface area is 375 Å². The highest BCUT2D eigenvalue weighted by molar-refractivity contribution is 6.04. The number of aryl methyl sites for hydroxylation is 1. The van der Waals surface area contributed by atoms with Gasteiger partial charge in [-0.2, -0.15) is 5.10 Å². The third kappa shape index (κ3) is 10.6. The number of carbonyl (C=O) groups excluding carboxylic acids is 5. The maximum Gasteiger partial charge on any atom is 0.410 e. The van der Waals surface area contributed by atoms with Crippen molar-refractivity contribution in [2.45, 2.75) is 90.3 Å². The number of hydrogen-bond acceptors (Lipinski definition) is 9. The minimum absolute atomic E-state index is 0.0444. The zero-order valence-corrected chi connectivity index (χ0v) is 37.5. The van der Waals surface area contributed by atoms with Gasteiger partial charge in [-0.3, -0.25) is 24.5 Å². The lowest BCUT2D eigenvalue weighted by Crippen LogP contribution is -2.59. The number of nitrogens with zero attached hydrogens (tertiary/aromatic N) is 6. The summed E-state index contributed by atoms with van der Waals surface area (Å²) in [6.07, 6.45) is 10.5. The Morgan fingerprint density at radius 3 is 2.27 bits per heavy atom. The van der Waals surface area contributed by atoms with E-state index in [1.807, 2.05) is 87.2 Å². The quantitative estimate of drug-likeness (QED) is 0.181. The number of likely N-dealkylation sites (tertiary alicyclic amines) is 2. The molecule has 3 saturated heterocycles. The highest BCUT2D eigenvalue weighted by atomic mass is 16.6. The van der Waals surface area contributed by atoms with E-state index in [1.165, 1.54) is 0 Å². The predicted molar refractivity (Wildman–Crippen MR) is 244 cm³/mol. The number of ether oxygens (including phenoxy) is 1. The fourth-order valence-electron chi connectivity index (χ4n) is 9.68. The molecule has 3 N–H and O–H groups in total. The number of piperazine rings is 1. The largest absolute Gasteiger partial charge is 0.444 e. The maximum atomic E-state index is 14.7. The van der Waals surface area contributed by atoms with Crippen molar-refractivity contribution >= 4 is 52.4 Å². The number of nitrogens with one attached hydrogen (secondary N) is 3. The Morgan fingerprint density at radius 2 is 1.55 bits per heavy atom. The number of Topliss-reactive ketones (excluding diaryl/α,β-unsaturated/α-hetero) is 1. The molecule has 15 nitrogen and oxygen atoms in total. The topological polar surface area (TPSA) is 173 Å². The van der Waals surface area contributed by atoms with Gasteiger partial charge in [0.2, 0.25) is 11.8 Å². The molecular weight excluding hydrogens is 811 g/mol. The number of aromatic amines is 1. The molecule has 4 aliphatic rings. The second kappa shape index (κ2) is 19.2. The summed E-state index contributed by atoms with van der Waals surface area (Å²) < 4.78 is 5.63. The fraction of sp³-hybridized carbons (Fsp3) is 0.490. The highest BCUT2D eigenvalue weighted by Gasteiger charge is 2.37. The van der Waals surface area contributed by atoms with E-state index in [0.29, 0.717) is 90.9 Å². The van der Waals surface area contributed by atoms with E-state index < -0.39 is 23.6 Å². The number of ketones is 1. The molecule has 0 unspecified atom stereocenters. The number of allylic oxidation sites excluding steroid dienone is 1. The van der Waals surface area contributed by atoms with Crippen LogP contribution in [0.4, 0.5) is 15.3 Å². The van der Waals surface area contributed by atoms with Gasteiger partial charge in [0, 0.05) is 88.7 Å². The summed E-state index contributed by atoms with van der Waals surface area (Å²) in [5.41, 5.74) is 6.08. The van der Waals surface area contributed by atoms with E-state index in [9.17, 15) is 24.0 Å². The monoisotopic (exact) mass is 871 g/mol. The van der Waals surface area contributed by atoms with Gasteiger partial charge in [0.15, 0.2) is 5.78 Å². The lowest BCUT2D eigenvalue weighted by Gasteiger charge is -2.39. The van der Waals surface area contributed by atoms with Gasteiger partial charge in [0.05, 0.1) is 11.7 Å². The molecule has 8 rings (SSSR count). The molecule has 0 radical (unpaired) electrons. The summed E-state index contributed by atoms with van der Waals surface area (Å²) in [5.74, 6) is -0.357. The molecule has 0 spiro atoms.